The molecule has 0 saturated heterocycles. The van der Waals surface area contributed by atoms with Crippen LogP contribution >= 0.6 is 11.6 Å². The molecule has 2 rings (SSSR count). The molecule has 0 aliphatic heterocycles. The first-order valence-corrected chi connectivity index (χ1v) is 6.81. The van der Waals surface area contributed by atoms with Crippen LogP contribution in [0.3, 0.4) is 0 Å². The van der Waals surface area contributed by atoms with Crippen molar-refractivity contribution in [3.05, 3.63) is 40.2 Å². The summed E-state index contributed by atoms with van der Waals surface area (Å²) in [5.41, 5.74) is 1.37. The molecular formula is C14H16ClN3O3. The van der Waals surface area contributed by atoms with Gasteiger partial charge in [-0.1, -0.05) is 30.7 Å². The molecule has 112 valence electrons. The van der Waals surface area contributed by atoms with Gasteiger partial charge in [-0.05, 0) is 24.1 Å². The summed E-state index contributed by atoms with van der Waals surface area (Å²) in [5, 5.41) is 17.5. The van der Waals surface area contributed by atoms with Crippen molar-refractivity contribution >= 4 is 17.6 Å². The molecule has 0 amide bonds. The second kappa shape index (κ2) is 6.13. The molecule has 1 aromatic heterocycles. The molecule has 0 atom stereocenters. The predicted octanol–water partition coefficient (Wildman–Crippen LogP) is 2.81. The number of benzene rings is 1. The molecule has 1 heterocycles. The van der Waals surface area contributed by atoms with Crippen LogP contribution in [-0.2, 0) is 6.54 Å². The maximum absolute atomic E-state index is 11.2. The second-order valence-electron chi connectivity index (χ2n) is 4.90. The highest BCUT2D eigenvalue weighted by Gasteiger charge is 2.22. The predicted molar refractivity (Wildman–Crippen MR) is 78.2 cm³/mol. The zero-order valence-corrected chi connectivity index (χ0v) is 12.8. The summed E-state index contributed by atoms with van der Waals surface area (Å²) in [5.74, 6) is -0.430. The van der Waals surface area contributed by atoms with Crippen molar-refractivity contribution < 1.29 is 14.6 Å². The van der Waals surface area contributed by atoms with E-state index in [4.69, 9.17) is 16.3 Å². The molecule has 1 N–H and O–H groups in total. The lowest BCUT2D eigenvalue weighted by molar-refractivity contribution is 0.0688. The van der Waals surface area contributed by atoms with Crippen LogP contribution < -0.4 is 4.74 Å². The first-order chi connectivity index (χ1) is 9.93. The Morgan fingerprint density at radius 3 is 2.76 bits per heavy atom. The third-order valence-electron chi connectivity index (χ3n) is 3.09. The van der Waals surface area contributed by atoms with Crippen molar-refractivity contribution in [2.45, 2.75) is 26.3 Å². The molecule has 0 aliphatic rings. The molecule has 7 heteroatoms. The van der Waals surface area contributed by atoms with Crippen molar-refractivity contribution in [3.8, 4) is 5.75 Å². The van der Waals surface area contributed by atoms with Crippen LogP contribution in [0.5, 0.6) is 5.75 Å². The molecule has 0 unspecified atom stereocenters. The topological polar surface area (TPSA) is 77.2 Å². The number of carbonyl (C=O) groups is 1. The van der Waals surface area contributed by atoms with E-state index in [0.717, 1.165) is 5.56 Å². The van der Waals surface area contributed by atoms with E-state index in [1.807, 2.05) is 13.8 Å². The van der Waals surface area contributed by atoms with Gasteiger partial charge in [0.1, 0.15) is 5.75 Å². The minimum atomic E-state index is -1.08. The molecule has 6 nitrogen and oxygen atoms in total. The van der Waals surface area contributed by atoms with Crippen LogP contribution in [0.15, 0.2) is 18.2 Å². The molecule has 0 fully saturated rings. The summed E-state index contributed by atoms with van der Waals surface area (Å²) in [7, 11) is 1.57. The number of aromatic carboxylic acids is 1. The Kier molecular flexibility index (Phi) is 4.47. The highest BCUT2D eigenvalue weighted by Crippen LogP contribution is 2.25. The zero-order valence-electron chi connectivity index (χ0n) is 12.0. The summed E-state index contributed by atoms with van der Waals surface area (Å²) in [6, 6.07) is 5.27. The lowest BCUT2D eigenvalue weighted by Crippen LogP contribution is -2.11. The van der Waals surface area contributed by atoms with Crippen LogP contribution in [0.4, 0.5) is 0 Å². The van der Waals surface area contributed by atoms with Crippen molar-refractivity contribution in [2.24, 2.45) is 0 Å². The fourth-order valence-corrected chi connectivity index (χ4v) is 2.39. The fraction of sp³-hybridized carbons (Fsp3) is 0.357. The molecule has 2 aromatic rings. The van der Waals surface area contributed by atoms with E-state index in [1.54, 1.807) is 30.0 Å². The number of hydrogen-bond acceptors (Lipinski definition) is 4. The molecule has 0 spiro atoms. The number of carboxylic acids is 1. The van der Waals surface area contributed by atoms with Crippen molar-refractivity contribution in [1.29, 1.82) is 0 Å². The van der Waals surface area contributed by atoms with E-state index in [2.05, 4.69) is 10.3 Å². The van der Waals surface area contributed by atoms with E-state index in [0.29, 0.717) is 23.0 Å². The first-order valence-electron chi connectivity index (χ1n) is 6.43. The van der Waals surface area contributed by atoms with E-state index in [-0.39, 0.29) is 11.6 Å². The Hall–Kier alpha value is -2.08. The Labute approximate surface area is 127 Å². The number of halogens is 1. The van der Waals surface area contributed by atoms with Gasteiger partial charge in [0, 0.05) is 10.6 Å². The van der Waals surface area contributed by atoms with E-state index in [1.165, 1.54) is 0 Å². The Morgan fingerprint density at radius 2 is 2.19 bits per heavy atom. The van der Waals surface area contributed by atoms with Gasteiger partial charge in [-0.25, -0.2) is 9.48 Å². The molecule has 0 bridgehead atoms. The number of rotatable bonds is 5. The second-order valence-corrected chi connectivity index (χ2v) is 5.33. The summed E-state index contributed by atoms with van der Waals surface area (Å²) in [4.78, 5) is 11.2. The largest absolute Gasteiger partial charge is 0.496 e. The zero-order chi connectivity index (χ0) is 15.6. The maximum Gasteiger partial charge on any atom is 0.358 e. The monoisotopic (exact) mass is 309 g/mol. The van der Waals surface area contributed by atoms with Gasteiger partial charge in [0.15, 0.2) is 5.69 Å². The average Bonchev–Trinajstić information content (AvgIpc) is 2.83. The molecule has 1 aromatic carbocycles. The van der Waals surface area contributed by atoms with E-state index in [9.17, 15) is 9.90 Å². The number of nitrogens with zero attached hydrogens (tertiary/aromatic N) is 3. The van der Waals surface area contributed by atoms with E-state index >= 15 is 0 Å². The summed E-state index contributed by atoms with van der Waals surface area (Å²) in [6.07, 6.45) is 0. The number of aromatic nitrogens is 3. The van der Waals surface area contributed by atoms with Crippen LogP contribution in [0, 0.1) is 0 Å². The standard InChI is InChI=1S/C14H16ClN3O3/c1-8(2)13-12(14(19)20)16-17-18(13)7-9-6-10(15)4-5-11(9)21-3/h4-6,8H,7H2,1-3H3,(H,19,20). The van der Waals surface area contributed by atoms with Gasteiger partial charge in [-0.3, -0.25) is 0 Å². The van der Waals surface area contributed by atoms with Gasteiger partial charge in [-0.15, -0.1) is 5.10 Å². The van der Waals surface area contributed by atoms with Gasteiger partial charge < -0.3 is 9.84 Å². The summed E-state index contributed by atoms with van der Waals surface area (Å²) in [6.45, 7) is 4.14. The SMILES string of the molecule is COc1ccc(Cl)cc1Cn1nnc(C(=O)O)c1C(C)C. The normalized spacial score (nSPS) is 10.9. The smallest absolute Gasteiger partial charge is 0.358 e. The van der Waals surface area contributed by atoms with E-state index < -0.39 is 5.97 Å². The summed E-state index contributed by atoms with van der Waals surface area (Å²) >= 11 is 6.00. The van der Waals surface area contributed by atoms with Crippen molar-refractivity contribution in [3.63, 3.8) is 0 Å². The number of ether oxygens (including phenoxy) is 1. The Balaban J connectivity index is 2.45. The summed E-state index contributed by atoms with van der Waals surface area (Å²) < 4.78 is 6.86. The number of carboxylic acid groups (broad SMARTS) is 1. The first kappa shape index (κ1) is 15.3. The van der Waals surface area contributed by atoms with Crippen LogP contribution in [0.25, 0.3) is 0 Å². The Bertz CT molecular complexity index is 667. The third kappa shape index (κ3) is 3.16. The van der Waals surface area contributed by atoms with Gasteiger partial charge in [0.2, 0.25) is 0 Å². The van der Waals surface area contributed by atoms with Gasteiger partial charge in [0.25, 0.3) is 0 Å². The number of hydrogen-bond donors (Lipinski definition) is 1. The maximum atomic E-state index is 11.2. The van der Waals surface area contributed by atoms with Crippen molar-refractivity contribution in [1.82, 2.24) is 15.0 Å². The van der Waals surface area contributed by atoms with Gasteiger partial charge in [-0.2, -0.15) is 0 Å². The Morgan fingerprint density at radius 1 is 1.48 bits per heavy atom. The van der Waals surface area contributed by atoms with Crippen LogP contribution in [-0.4, -0.2) is 33.2 Å². The van der Waals surface area contributed by atoms with Crippen molar-refractivity contribution in [2.75, 3.05) is 7.11 Å². The molecule has 21 heavy (non-hydrogen) atoms. The molecule has 0 saturated carbocycles. The minimum Gasteiger partial charge on any atom is -0.496 e. The lowest BCUT2D eigenvalue weighted by Gasteiger charge is -2.12. The quantitative estimate of drug-likeness (QED) is 0.919. The molecular weight excluding hydrogens is 294 g/mol. The van der Waals surface area contributed by atoms with Crippen LogP contribution in [0.2, 0.25) is 5.02 Å². The van der Waals surface area contributed by atoms with Crippen LogP contribution in [0.1, 0.15) is 41.5 Å². The highest BCUT2D eigenvalue weighted by atomic mass is 35.5. The molecule has 0 aliphatic carbocycles. The average molecular weight is 310 g/mol. The fourth-order valence-electron chi connectivity index (χ4n) is 2.19. The number of methoxy groups -OCH3 is 1. The van der Waals surface area contributed by atoms with Gasteiger partial charge in [0.05, 0.1) is 19.3 Å². The highest BCUT2D eigenvalue weighted by molar-refractivity contribution is 6.30. The third-order valence-corrected chi connectivity index (χ3v) is 3.32. The molecule has 0 radical (unpaired) electrons. The minimum absolute atomic E-state index is 0.0173. The van der Waals surface area contributed by atoms with Gasteiger partial charge >= 0.3 is 5.97 Å². The lowest BCUT2D eigenvalue weighted by atomic mass is 10.1.